The third-order valence-electron chi connectivity index (χ3n) is 1.33. The fourth-order valence-corrected chi connectivity index (χ4v) is 0.791. The van der Waals surface area contributed by atoms with E-state index in [1.807, 2.05) is 19.1 Å². The van der Waals surface area contributed by atoms with Crippen LogP contribution in [0.4, 0.5) is 5.82 Å². The monoisotopic (exact) mass is 167 g/mol. The lowest BCUT2D eigenvalue weighted by molar-refractivity contribution is 0.158. The first kappa shape index (κ1) is 8.93. The maximum absolute atomic E-state index is 5.14. The van der Waals surface area contributed by atoms with E-state index in [-0.39, 0.29) is 0 Å². The van der Waals surface area contributed by atoms with E-state index < -0.39 is 0 Å². The summed E-state index contributed by atoms with van der Waals surface area (Å²) in [5.74, 6) is 0.789. The number of hydrogen-bond donors (Lipinski definition) is 1. The van der Waals surface area contributed by atoms with Gasteiger partial charge in [-0.3, -0.25) is 0 Å². The smallest absolute Gasteiger partial charge is 0.148 e. The predicted octanol–water partition coefficient (Wildman–Crippen LogP) is 0.925. The van der Waals surface area contributed by atoms with Gasteiger partial charge < -0.3 is 10.1 Å². The number of hydrogen-bond acceptors (Lipinski definition) is 4. The van der Waals surface area contributed by atoms with E-state index in [2.05, 4.69) is 15.5 Å². The zero-order valence-electron chi connectivity index (χ0n) is 7.16. The minimum atomic E-state index is 0.701. The van der Waals surface area contributed by atoms with Crippen molar-refractivity contribution in [2.24, 2.45) is 0 Å². The first-order valence-electron chi connectivity index (χ1n) is 4.03. The highest BCUT2D eigenvalue weighted by Crippen LogP contribution is 1.95. The van der Waals surface area contributed by atoms with Crippen LogP contribution in [0, 0.1) is 0 Å². The molecule has 0 saturated carbocycles. The van der Waals surface area contributed by atoms with Crippen LogP contribution in [-0.4, -0.2) is 30.0 Å². The van der Waals surface area contributed by atoms with Crippen molar-refractivity contribution in [1.82, 2.24) is 10.2 Å². The molecule has 4 nitrogen and oxygen atoms in total. The number of nitrogens with zero attached hydrogens (tertiary/aromatic N) is 2. The fourth-order valence-electron chi connectivity index (χ4n) is 0.791. The second-order valence-corrected chi connectivity index (χ2v) is 2.23. The molecule has 0 aliphatic rings. The molecule has 0 aromatic carbocycles. The Bertz CT molecular complexity index is 203. The number of anilines is 1. The first-order valence-corrected chi connectivity index (χ1v) is 4.03. The highest BCUT2D eigenvalue weighted by atomic mass is 16.5. The van der Waals surface area contributed by atoms with Crippen LogP contribution < -0.4 is 5.32 Å². The van der Waals surface area contributed by atoms with Crippen LogP contribution in [0.5, 0.6) is 0 Å². The van der Waals surface area contributed by atoms with Gasteiger partial charge in [0, 0.05) is 19.3 Å². The molecule has 0 aliphatic heterocycles. The molecule has 0 aliphatic carbocycles. The van der Waals surface area contributed by atoms with Crippen LogP contribution in [0.1, 0.15) is 6.92 Å². The lowest BCUT2D eigenvalue weighted by Crippen LogP contribution is -2.10. The highest BCUT2D eigenvalue weighted by molar-refractivity contribution is 5.30. The van der Waals surface area contributed by atoms with Crippen LogP contribution in [0.25, 0.3) is 0 Å². The van der Waals surface area contributed by atoms with Gasteiger partial charge in [-0.2, -0.15) is 5.10 Å². The molecule has 0 amide bonds. The topological polar surface area (TPSA) is 47.0 Å². The molecule has 4 heteroatoms. The Labute approximate surface area is 72.0 Å². The van der Waals surface area contributed by atoms with E-state index in [4.69, 9.17) is 4.74 Å². The summed E-state index contributed by atoms with van der Waals surface area (Å²) in [5.41, 5.74) is 0. The Morgan fingerprint density at radius 3 is 3.17 bits per heavy atom. The van der Waals surface area contributed by atoms with Crippen LogP contribution in [0.15, 0.2) is 18.3 Å². The number of nitrogens with one attached hydrogen (secondary N) is 1. The second-order valence-electron chi connectivity index (χ2n) is 2.23. The summed E-state index contributed by atoms with van der Waals surface area (Å²) >= 11 is 0. The Morgan fingerprint density at radius 1 is 1.58 bits per heavy atom. The molecule has 0 fully saturated rings. The van der Waals surface area contributed by atoms with Crippen molar-refractivity contribution in [3.05, 3.63) is 18.3 Å². The summed E-state index contributed by atoms with van der Waals surface area (Å²) < 4.78 is 5.14. The summed E-state index contributed by atoms with van der Waals surface area (Å²) in [7, 11) is 0. The van der Waals surface area contributed by atoms with Gasteiger partial charge in [-0.15, -0.1) is 5.10 Å². The van der Waals surface area contributed by atoms with Crippen molar-refractivity contribution in [1.29, 1.82) is 0 Å². The summed E-state index contributed by atoms with van der Waals surface area (Å²) in [4.78, 5) is 0. The molecule has 66 valence electrons. The van der Waals surface area contributed by atoms with Crippen molar-refractivity contribution < 1.29 is 4.74 Å². The lowest BCUT2D eigenvalue weighted by Gasteiger charge is -2.03. The standard InChI is InChI=1S/C8H13N3O/c1-2-12-7-6-9-8-4-3-5-10-11-8/h3-5H,2,6-7H2,1H3,(H,9,11). The van der Waals surface area contributed by atoms with Crippen molar-refractivity contribution in [2.45, 2.75) is 6.92 Å². The van der Waals surface area contributed by atoms with Gasteiger partial charge in [-0.05, 0) is 19.1 Å². The maximum atomic E-state index is 5.14. The molecule has 0 saturated heterocycles. The molecular weight excluding hydrogens is 154 g/mol. The quantitative estimate of drug-likeness (QED) is 0.662. The van der Waals surface area contributed by atoms with E-state index in [0.717, 1.165) is 19.0 Å². The van der Waals surface area contributed by atoms with Gasteiger partial charge in [0.25, 0.3) is 0 Å². The van der Waals surface area contributed by atoms with Gasteiger partial charge in [0.2, 0.25) is 0 Å². The van der Waals surface area contributed by atoms with Gasteiger partial charge in [-0.1, -0.05) is 0 Å². The van der Waals surface area contributed by atoms with Crippen LogP contribution in [-0.2, 0) is 4.74 Å². The van der Waals surface area contributed by atoms with Crippen molar-refractivity contribution >= 4 is 5.82 Å². The molecule has 0 atom stereocenters. The molecule has 0 unspecified atom stereocenters. The molecule has 12 heavy (non-hydrogen) atoms. The molecular formula is C8H13N3O. The van der Waals surface area contributed by atoms with E-state index in [0.29, 0.717) is 6.61 Å². The average Bonchev–Trinajstić information content (AvgIpc) is 2.14. The molecule has 0 bridgehead atoms. The molecule has 0 spiro atoms. The van der Waals surface area contributed by atoms with Crippen molar-refractivity contribution in [3.63, 3.8) is 0 Å². The van der Waals surface area contributed by atoms with Gasteiger partial charge >= 0.3 is 0 Å². The van der Waals surface area contributed by atoms with Crippen LogP contribution in [0.3, 0.4) is 0 Å². The first-order chi connectivity index (χ1) is 5.93. The normalized spacial score (nSPS) is 9.75. The maximum Gasteiger partial charge on any atom is 0.148 e. The van der Waals surface area contributed by atoms with Gasteiger partial charge in [-0.25, -0.2) is 0 Å². The van der Waals surface area contributed by atoms with E-state index in [1.54, 1.807) is 6.20 Å². The van der Waals surface area contributed by atoms with Crippen molar-refractivity contribution in [2.75, 3.05) is 25.1 Å². The minimum Gasteiger partial charge on any atom is -0.380 e. The third-order valence-corrected chi connectivity index (χ3v) is 1.33. The van der Waals surface area contributed by atoms with Crippen molar-refractivity contribution in [3.8, 4) is 0 Å². The summed E-state index contributed by atoms with van der Waals surface area (Å²) in [5, 5.41) is 10.7. The molecule has 1 aromatic rings. The summed E-state index contributed by atoms with van der Waals surface area (Å²) in [6, 6.07) is 3.72. The number of aromatic nitrogens is 2. The lowest BCUT2D eigenvalue weighted by atomic mass is 10.5. The van der Waals surface area contributed by atoms with E-state index in [1.165, 1.54) is 0 Å². The fraction of sp³-hybridized carbons (Fsp3) is 0.500. The van der Waals surface area contributed by atoms with Gasteiger partial charge in [0.05, 0.1) is 6.61 Å². The Kier molecular flexibility index (Phi) is 4.08. The third kappa shape index (κ3) is 3.30. The summed E-state index contributed by atoms with van der Waals surface area (Å²) in [6.45, 7) is 4.20. The SMILES string of the molecule is CCOCCNc1cccnn1. The molecule has 0 radical (unpaired) electrons. The van der Waals surface area contributed by atoms with Gasteiger partial charge in [0.1, 0.15) is 5.82 Å². The van der Waals surface area contributed by atoms with E-state index >= 15 is 0 Å². The molecule has 1 N–H and O–H groups in total. The Morgan fingerprint density at radius 2 is 2.50 bits per heavy atom. The molecule has 1 aromatic heterocycles. The van der Waals surface area contributed by atoms with Crippen LogP contribution in [0.2, 0.25) is 0 Å². The summed E-state index contributed by atoms with van der Waals surface area (Å²) in [6.07, 6.45) is 1.65. The predicted molar refractivity (Wildman–Crippen MR) is 47.0 cm³/mol. The molecule has 1 heterocycles. The Hall–Kier alpha value is -1.16. The number of rotatable bonds is 5. The second kappa shape index (κ2) is 5.49. The van der Waals surface area contributed by atoms with Crippen LogP contribution >= 0.6 is 0 Å². The zero-order chi connectivity index (χ0) is 8.65. The van der Waals surface area contributed by atoms with E-state index in [9.17, 15) is 0 Å². The van der Waals surface area contributed by atoms with Gasteiger partial charge in [0.15, 0.2) is 0 Å². The Balaban J connectivity index is 2.16. The zero-order valence-corrected chi connectivity index (χ0v) is 7.16. The number of ether oxygens (including phenoxy) is 1. The highest BCUT2D eigenvalue weighted by Gasteiger charge is 1.89. The minimum absolute atomic E-state index is 0.701. The average molecular weight is 167 g/mol. The molecule has 1 rings (SSSR count). The largest absolute Gasteiger partial charge is 0.380 e.